The molecule has 0 spiro atoms. The lowest BCUT2D eigenvalue weighted by Crippen LogP contribution is -2.16. The fourth-order valence-electron chi connectivity index (χ4n) is 2.45. The quantitative estimate of drug-likeness (QED) is 0.680. The van der Waals surface area contributed by atoms with E-state index in [2.05, 4.69) is 58.1 Å². The van der Waals surface area contributed by atoms with Gasteiger partial charge >= 0.3 is 0 Å². The molecule has 0 radical (unpaired) electrons. The van der Waals surface area contributed by atoms with Gasteiger partial charge in [0.1, 0.15) is 0 Å². The van der Waals surface area contributed by atoms with Crippen LogP contribution in [-0.2, 0) is 0 Å². The molecule has 1 N–H and O–H groups in total. The summed E-state index contributed by atoms with van der Waals surface area (Å²) in [5.41, 5.74) is 5.27. The Morgan fingerprint density at radius 2 is 1.95 bits per heavy atom. The van der Waals surface area contributed by atoms with Crippen molar-refractivity contribution >= 4 is 0 Å². The molecule has 0 unspecified atom stereocenters. The maximum Gasteiger partial charge on any atom is 0.0617 e. The van der Waals surface area contributed by atoms with Crippen molar-refractivity contribution in [2.24, 2.45) is 5.41 Å². The van der Waals surface area contributed by atoms with Gasteiger partial charge in [-0.25, -0.2) is 0 Å². The third-order valence-electron chi connectivity index (χ3n) is 3.79. The van der Waals surface area contributed by atoms with Crippen LogP contribution in [0.4, 0.5) is 0 Å². The minimum Gasteiger partial charge on any atom is -0.392 e. The van der Waals surface area contributed by atoms with Crippen LogP contribution < -0.4 is 0 Å². The van der Waals surface area contributed by atoms with Crippen molar-refractivity contribution in [3.05, 3.63) is 70.9 Å². The average molecular weight is 284 g/mol. The second-order valence-corrected chi connectivity index (χ2v) is 6.32. The molecule has 21 heavy (non-hydrogen) atoms. The standard InChI is InChI=1S/C20H28O/c1-16(8-6-9-17(2)13-15-21)11-12-19-18(3)10-7-14-20(19,4)5/h6-13,21H,14-15H2,1-5H3/b9-6+,12-11-,16-8-,17-13-. The zero-order valence-electron chi connectivity index (χ0n) is 14.0. The first kappa shape index (κ1) is 17.5. The van der Waals surface area contributed by atoms with Gasteiger partial charge in [-0.2, -0.15) is 0 Å². The summed E-state index contributed by atoms with van der Waals surface area (Å²) in [5, 5.41) is 8.80. The molecule has 1 aliphatic carbocycles. The second-order valence-electron chi connectivity index (χ2n) is 6.32. The maximum atomic E-state index is 8.80. The summed E-state index contributed by atoms with van der Waals surface area (Å²) in [6.45, 7) is 10.9. The van der Waals surface area contributed by atoms with Crippen LogP contribution in [0.2, 0.25) is 0 Å². The SMILES string of the molecule is CC1=C(\C=C/C(C)=C\C=C\C(C)=C/CO)C(C)(C)CC=C1. The summed E-state index contributed by atoms with van der Waals surface area (Å²) in [7, 11) is 0. The molecular formula is C20H28O. The predicted octanol–water partition coefficient (Wildman–Crippen LogP) is 5.29. The number of hydrogen-bond donors (Lipinski definition) is 1. The molecule has 1 aliphatic rings. The fraction of sp³-hybridized carbons (Fsp3) is 0.400. The van der Waals surface area contributed by atoms with Crippen molar-refractivity contribution in [3.8, 4) is 0 Å². The largest absolute Gasteiger partial charge is 0.392 e. The van der Waals surface area contributed by atoms with Gasteiger partial charge < -0.3 is 5.11 Å². The van der Waals surface area contributed by atoms with Crippen LogP contribution in [0.15, 0.2) is 70.9 Å². The third kappa shape index (κ3) is 5.73. The summed E-state index contributed by atoms with van der Waals surface area (Å²) in [6, 6.07) is 0. The fourth-order valence-corrected chi connectivity index (χ4v) is 2.45. The molecule has 0 saturated carbocycles. The Morgan fingerprint density at radius 1 is 1.24 bits per heavy atom. The van der Waals surface area contributed by atoms with E-state index in [0.29, 0.717) is 0 Å². The van der Waals surface area contributed by atoms with Crippen molar-refractivity contribution in [1.82, 2.24) is 0 Å². The van der Waals surface area contributed by atoms with Gasteiger partial charge in [-0.05, 0) is 43.8 Å². The summed E-state index contributed by atoms with van der Waals surface area (Å²) in [4.78, 5) is 0. The highest BCUT2D eigenvalue weighted by molar-refractivity contribution is 5.42. The Labute approximate surface area is 129 Å². The second kappa shape index (κ2) is 7.99. The Hall–Kier alpha value is -1.60. The lowest BCUT2D eigenvalue weighted by Gasteiger charge is -2.29. The van der Waals surface area contributed by atoms with E-state index in [1.54, 1.807) is 6.08 Å². The lowest BCUT2D eigenvalue weighted by atomic mass is 9.75. The first-order chi connectivity index (χ1) is 9.86. The Kier molecular flexibility index (Phi) is 6.64. The monoisotopic (exact) mass is 284 g/mol. The zero-order valence-corrected chi connectivity index (χ0v) is 14.0. The van der Waals surface area contributed by atoms with Crippen LogP contribution in [0.25, 0.3) is 0 Å². The van der Waals surface area contributed by atoms with Crippen molar-refractivity contribution < 1.29 is 5.11 Å². The van der Waals surface area contributed by atoms with E-state index < -0.39 is 0 Å². The average Bonchev–Trinajstić information content (AvgIpc) is 2.37. The van der Waals surface area contributed by atoms with E-state index in [-0.39, 0.29) is 12.0 Å². The van der Waals surface area contributed by atoms with E-state index in [4.69, 9.17) is 5.11 Å². The lowest BCUT2D eigenvalue weighted by molar-refractivity contribution is 0.342. The number of hydrogen-bond acceptors (Lipinski definition) is 1. The summed E-state index contributed by atoms with van der Waals surface area (Å²) < 4.78 is 0. The molecule has 0 saturated heterocycles. The highest BCUT2D eigenvalue weighted by Gasteiger charge is 2.23. The van der Waals surface area contributed by atoms with Crippen LogP contribution in [-0.4, -0.2) is 11.7 Å². The van der Waals surface area contributed by atoms with Crippen LogP contribution in [0.1, 0.15) is 41.0 Å². The molecule has 1 heteroatoms. The van der Waals surface area contributed by atoms with Crippen LogP contribution in [0, 0.1) is 5.41 Å². The van der Waals surface area contributed by atoms with Gasteiger partial charge in [-0.1, -0.05) is 73.6 Å². The molecular weight excluding hydrogens is 256 g/mol. The number of aliphatic hydroxyl groups excluding tert-OH is 1. The number of rotatable bonds is 5. The first-order valence-electron chi connectivity index (χ1n) is 7.55. The van der Waals surface area contributed by atoms with Crippen LogP contribution in [0.3, 0.4) is 0 Å². The molecule has 0 aliphatic heterocycles. The highest BCUT2D eigenvalue weighted by Crippen LogP contribution is 2.37. The number of allylic oxidation sites excluding steroid dienone is 11. The molecule has 0 atom stereocenters. The number of aliphatic hydroxyl groups is 1. The molecule has 0 amide bonds. The third-order valence-corrected chi connectivity index (χ3v) is 3.79. The van der Waals surface area contributed by atoms with E-state index in [0.717, 1.165) is 12.0 Å². The minimum atomic E-state index is 0.0921. The Bertz CT molecular complexity index is 534. The molecule has 0 aromatic rings. The Morgan fingerprint density at radius 3 is 2.57 bits per heavy atom. The predicted molar refractivity (Wildman–Crippen MR) is 93.1 cm³/mol. The molecule has 0 fully saturated rings. The van der Waals surface area contributed by atoms with Gasteiger partial charge in [-0.3, -0.25) is 0 Å². The van der Waals surface area contributed by atoms with E-state index in [1.807, 2.05) is 19.1 Å². The smallest absolute Gasteiger partial charge is 0.0617 e. The van der Waals surface area contributed by atoms with Crippen molar-refractivity contribution in [1.29, 1.82) is 0 Å². The van der Waals surface area contributed by atoms with Gasteiger partial charge in [0.25, 0.3) is 0 Å². The Balaban J connectivity index is 2.80. The molecule has 0 bridgehead atoms. The molecule has 1 rings (SSSR count). The molecule has 1 nitrogen and oxygen atoms in total. The van der Waals surface area contributed by atoms with Gasteiger partial charge in [0, 0.05) is 0 Å². The summed E-state index contributed by atoms with van der Waals surface area (Å²) in [5.74, 6) is 0. The van der Waals surface area contributed by atoms with Crippen molar-refractivity contribution in [3.63, 3.8) is 0 Å². The van der Waals surface area contributed by atoms with E-state index in [1.165, 1.54) is 16.7 Å². The van der Waals surface area contributed by atoms with Crippen molar-refractivity contribution in [2.45, 2.75) is 41.0 Å². The molecule has 0 heterocycles. The van der Waals surface area contributed by atoms with Gasteiger partial charge in [0.2, 0.25) is 0 Å². The first-order valence-corrected chi connectivity index (χ1v) is 7.55. The van der Waals surface area contributed by atoms with Crippen LogP contribution >= 0.6 is 0 Å². The topological polar surface area (TPSA) is 20.2 Å². The van der Waals surface area contributed by atoms with Gasteiger partial charge in [0.05, 0.1) is 6.61 Å². The molecule has 114 valence electrons. The summed E-state index contributed by atoms with van der Waals surface area (Å²) in [6.07, 6.45) is 17.9. The van der Waals surface area contributed by atoms with Crippen LogP contribution in [0.5, 0.6) is 0 Å². The van der Waals surface area contributed by atoms with E-state index in [9.17, 15) is 0 Å². The van der Waals surface area contributed by atoms with Gasteiger partial charge in [0.15, 0.2) is 0 Å². The zero-order chi connectivity index (χ0) is 15.9. The van der Waals surface area contributed by atoms with E-state index >= 15 is 0 Å². The maximum absolute atomic E-state index is 8.80. The van der Waals surface area contributed by atoms with Gasteiger partial charge in [-0.15, -0.1) is 0 Å². The highest BCUT2D eigenvalue weighted by atomic mass is 16.2. The molecule has 0 aromatic carbocycles. The normalized spacial score (nSPS) is 20.1. The minimum absolute atomic E-state index is 0.0921. The summed E-state index contributed by atoms with van der Waals surface area (Å²) >= 11 is 0. The molecule has 0 aromatic heterocycles. The van der Waals surface area contributed by atoms with Crippen molar-refractivity contribution in [2.75, 3.05) is 6.61 Å².